The molecule has 0 heterocycles. The number of benzene rings is 1. The molecule has 0 aromatic heterocycles. The predicted molar refractivity (Wildman–Crippen MR) is 96.3 cm³/mol. The fourth-order valence-corrected chi connectivity index (χ4v) is 3.43. The first-order chi connectivity index (χ1) is 10.7. The molecule has 2 atom stereocenters. The lowest BCUT2D eigenvalue weighted by Crippen LogP contribution is -2.39. The Morgan fingerprint density at radius 3 is 2.13 bits per heavy atom. The van der Waals surface area contributed by atoms with Crippen molar-refractivity contribution < 1.29 is 10.2 Å². The zero-order chi connectivity index (χ0) is 17.2. The first-order valence-electron chi connectivity index (χ1n) is 8.61. The summed E-state index contributed by atoms with van der Waals surface area (Å²) in [6, 6.07) is 8.22. The van der Waals surface area contributed by atoms with E-state index in [4.69, 9.17) is 0 Å². The highest BCUT2D eigenvalue weighted by Gasteiger charge is 2.37. The Labute approximate surface area is 140 Å². The molecule has 2 unspecified atom stereocenters. The van der Waals surface area contributed by atoms with Crippen LogP contribution in [0.2, 0.25) is 0 Å². The Balaban J connectivity index is 2.34. The average Bonchev–Trinajstić information content (AvgIpc) is 2.38. The Bertz CT molecular complexity index is 542. The minimum Gasteiger partial charge on any atom is -0.389 e. The minimum absolute atomic E-state index is 0.0326. The molecule has 128 valence electrons. The number of hydrogen-bond acceptors (Lipinski definition) is 3. The van der Waals surface area contributed by atoms with E-state index in [-0.39, 0.29) is 5.41 Å². The second-order valence-corrected chi connectivity index (χ2v) is 8.13. The van der Waals surface area contributed by atoms with Crippen LogP contribution in [-0.2, 0) is 0 Å². The molecule has 3 heteroatoms. The lowest BCUT2D eigenvalue weighted by Gasteiger charge is -2.39. The number of nitrogens with one attached hydrogen (secondary N) is 1. The molecular weight excluding hydrogens is 286 g/mol. The van der Waals surface area contributed by atoms with Crippen LogP contribution in [-0.4, -0.2) is 22.4 Å². The zero-order valence-corrected chi connectivity index (χ0v) is 15.1. The molecule has 0 amide bonds. The minimum atomic E-state index is -0.583. The van der Waals surface area contributed by atoms with E-state index in [9.17, 15) is 10.2 Å². The van der Waals surface area contributed by atoms with Gasteiger partial charge in [0.25, 0.3) is 0 Å². The van der Waals surface area contributed by atoms with E-state index in [1.54, 1.807) is 0 Å². The average molecular weight is 317 g/mol. The first kappa shape index (κ1) is 18.0. The molecule has 0 bridgehead atoms. The van der Waals surface area contributed by atoms with Crippen LogP contribution in [0.5, 0.6) is 0 Å². The van der Waals surface area contributed by atoms with E-state index in [0.29, 0.717) is 18.8 Å². The van der Waals surface area contributed by atoms with Gasteiger partial charge in [0.2, 0.25) is 0 Å². The van der Waals surface area contributed by atoms with Crippen LogP contribution in [0.25, 0.3) is 0 Å². The van der Waals surface area contributed by atoms with Gasteiger partial charge in [0.1, 0.15) is 0 Å². The second-order valence-electron chi connectivity index (χ2n) is 8.13. The quantitative estimate of drug-likeness (QED) is 0.778. The highest BCUT2D eigenvalue weighted by Crippen LogP contribution is 2.40. The van der Waals surface area contributed by atoms with Crippen molar-refractivity contribution in [2.75, 3.05) is 5.32 Å². The van der Waals surface area contributed by atoms with Gasteiger partial charge < -0.3 is 15.5 Å². The highest BCUT2D eigenvalue weighted by atomic mass is 16.3. The first-order valence-corrected chi connectivity index (χ1v) is 8.61. The van der Waals surface area contributed by atoms with Gasteiger partial charge in [-0.25, -0.2) is 0 Å². The van der Waals surface area contributed by atoms with Crippen LogP contribution < -0.4 is 5.32 Å². The number of allylic oxidation sites excluding steroid dienone is 1. The van der Waals surface area contributed by atoms with Gasteiger partial charge in [-0.3, -0.25) is 0 Å². The summed E-state index contributed by atoms with van der Waals surface area (Å²) in [5.41, 5.74) is 3.93. The van der Waals surface area contributed by atoms with Crippen LogP contribution >= 0.6 is 0 Å². The van der Waals surface area contributed by atoms with Gasteiger partial charge in [-0.2, -0.15) is 0 Å². The number of aliphatic hydroxyl groups excluding tert-OH is 2. The van der Waals surface area contributed by atoms with Gasteiger partial charge in [0.05, 0.1) is 12.2 Å². The summed E-state index contributed by atoms with van der Waals surface area (Å²) < 4.78 is 0. The Kier molecular flexibility index (Phi) is 5.53. The van der Waals surface area contributed by atoms with E-state index in [1.807, 2.05) is 12.1 Å². The van der Waals surface area contributed by atoms with Gasteiger partial charge in [-0.05, 0) is 49.7 Å². The van der Waals surface area contributed by atoms with Crippen molar-refractivity contribution in [2.45, 2.75) is 66.1 Å². The number of rotatable bonds is 4. The molecule has 3 nitrogen and oxygen atoms in total. The van der Waals surface area contributed by atoms with Crippen LogP contribution in [0.3, 0.4) is 0 Å². The van der Waals surface area contributed by atoms with E-state index >= 15 is 0 Å². The standard InChI is InChI=1S/C20H31NO2/c1-13(2)10-16(21-15-8-6-14(3)7-9-15)19-17(22)11-20(4,5)12-18(19)23/h6-9,13,17-18,21-23H,10-12H2,1-5H3. The van der Waals surface area contributed by atoms with Crippen LogP contribution in [0, 0.1) is 18.3 Å². The fourth-order valence-electron chi connectivity index (χ4n) is 3.43. The Hall–Kier alpha value is -1.32. The van der Waals surface area contributed by atoms with E-state index < -0.39 is 12.2 Å². The molecule has 3 N–H and O–H groups in total. The van der Waals surface area contributed by atoms with Crippen molar-refractivity contribution in [3.63, 3.8) is 0 Å². The highest BCUT2D eigenvalue weighted by molar-refractivity contribution is 5.51. The number of hydrogen-bond donors (Lipinski definition) is 3. The molecule has 1 aromatic rings. The largest absolute Gasteiger partial charge is 0.389 e. The lowest BCUT2D eigenvalue weighted by molar-refractivity contribution is 0.0347. The molecule has 2 rings (SSSR count). The van der Waals surface area contributed by atoms with E-state index in [0.717, 1.165) is 23.4 Å². The molecule has 0 aliphatic heterocycles. The molecule has 0 radical (unpaired) electrons. The summed E-state index contributed by atoms with van der Waals surface area (Å²) in [4.78, 5) is 0. The maximum absolute atomic E-state index is 10.6. The second kappa shape index (κ2) is 7.06. The van der Waals surface area contributed by atoms with Gasteiger partial charge in [-0.1, -0.05) is 45.4 Å². The summed E-state index contributed by atoms with van der Waals surface area (Å²) >= 11 is 0. The molecule has 0 spiro atoms. The van der Waals surface area contributed by atoms with Gasteiger partial charge in [-0.15, -0.1) is 0 Å². The number of anilines is 1. The van der Waals surface area contributed by atoms with Crippen molar-refractivity contribution in [1.82, 2.24) is 0 Å². The topological polar surface area (TPSA) is 52.5 Å². The third-order valence-corrected chi connectivity index (χ3v) is 4.52. The van der Waals surface area contributed by atoms with Gasteiger partial charge >= 0.3 is 0 Å². The van der Waals surface area contributed by atoms with Crippen LogP contribution in [0.4, 0.5) is 5.69 Å². The molecule has 0 saturated heterocycles. The summed E-state index contributed by atoms with van der Waals surface area (Å²) in [5, 5.41) is 24.7. The lowest BCUT2D eigenvalue weighted by atomic mass is 9.71. The predicted octanol–water partition coefficient (Wildman–Crippen LogP) is 4.25. The third kappa shape index (κ3) is 4.82. The monoisotopic (exact) mass is 317 g/mol. The van der Waals surface area contributed by atoms with Crippen molar-refractivity contribution in [3.05, 3.63) is 41.1 Å². The Morgan fingerprint density at radius 1 is 1.13 bits per heavy atom. The summed E-state index contributed by atoms with van der Waals surface area (Å²) in [6.07, 6.45) is 1.03. The third-order valence-electron chi connectivity index (χ3n) is 4.52. The smallest absolute Gasteiger partial charge is 0.0799 e. The summed E-state index contributed by atoms with van der Waals surface area (Å²) in [6.45, 7) is 10.6. The van der Waals surface area contributed by atoms with Crippen molar-refractivity contribution in [2.24, 2.45) is 11.3 Å². The van der Waals surface area contributed by atoms with E-state index in [1.165, 1.54) is 5.56 Å². The zero-order valence-electron chi connectivity index (χ0n) is 15.1. The molecule has 23 heavy (non-hydrogen) atoms. The molecular formula is C20H31NO2. The summed E-state index contributed by atoms with van der Waals surface area (Å²) in [5.74, 6) is 0.449. The molecule has 1 aliphatic rings. The molecule has 1 aromatic carbocycles. The normalized spacial score (nSPS) is 23.9. The SMILES string of the molecule is Cc1ccc(NC(CC(C)C)=C2C(O)CC(C)(C)CC2O)cc1. The number of aliphatic hydroxyl groups is 2. The molecule has 1 saturated carbocycles. The van der Waals surface area contributed by atoms with Crippen LogP contribution in [0.1, 0.15) is 52.5 Å². The molecule has 1 aliphatic carbocycles. The van der Waals surface area contributed by atoms with Crippen molar-refractivity contribution >= 4 is 5.69 Å². The molecule has 1 fully saturated rings. The fraction of sp³-hybridized carbons (Fsp3) is 0.600. The van der Waals surface area contributed by atoms with Gasteiger partial charge in [0, 0.05) is 17.0 Å². The number of aryl methyl sites for hydroxylation is 1. The summed E-state index contributed by atoms with van der Waals surface area (Å²) in [7, 11) is 0. The van der Waals surface area contributed by atoms with Crippen LogP contribution in [0.15, 0.2) is 35.5 Å². The maximum Gasteiger partial charge on any atom is 0.0799 e. The van der Waals surface area contributed by atoms with Crippen molar-refractivity contribution in [3.8, 4) is 0 Å². The van der Waals surface area contributed by atoms with Gasteiger partial charge in [0.15, 0.2) is 0 Å². The van der Waals surface area contributed by atoms with Crippen molar-refractivity contribution in [1.29, 1.82) is 0 Å². The Morgan fingerprint density at radius 2 is 1.65 bits per heavy atom. The van der Waals surface area contributed by atoms with E-state index in [2.05, 4.69) is 52.1 Å². The maximum atomic E-state index is 10.6.